The van der Waals surface area contributed by atoms with E-state index in [1.54, 1.807) is 42.8 Å². The molecule has 0 amide bonds. The number of carbonyl (C=O) groups is 2. The lowest BCUT2D eigenvalue weighted by Crippen LogP contribution is -2.05. The Kier molecular flexibility index (Phi) is 3.70. The summed E-state index contributed by atoms with van der Waals surface area (Å²) in [7, 11) is 0. The first-order valence-electron chi connectivity index (χ1n) is 5.82. The Bertz CT molecular complexity index is 602. The van der Waals surface area contributed by atoms with E-state index in [0.29, 0.717) is 29.8 Å². The highest BCUT2D eigenvalue weighted by Gasteiger charge is 2.10. The first-order chi connectivity index (χ1) is 9.17. The highest BCUT2D eigenvalue weighted by molar-refractivity contribution is 5.89. The fraction of sp³-hybridized carbons (Fsp3) is 0.231. The summed E-state index contributed by atoms with van der Waals surface area (Å²) in [4.78, 5) is 22.2. The maximum Gasteiger partial charge on any atom is 0.338 e. The molecule has 1 heterocycles. The maximum atomic E-state index is 11.5. The predicted molar refractivity (Wildman–Crippen MR) is 67.4 cm³/mol. The number of hydrogen-bond acceptors (Lipinski definition) is 5. The van der Waals surface area contributed by atoms with Gasteiger partial charge in [0.2, 0.25) is 0 Å². The van der Waals surface area contributed by atoms with E-state index in [0.717, 1.165) is 5.69 Å². The maximum absolute atomic E-state index is 11.5. The van der Waals surface area contributed by atoms with Crippen molar-refractivity contribution in [2.45, 2.75) is 13.8 Å². The zero-order valence-electron chi connectivity index (χ0n) is 10.7. The van der Waals surface area contributed by atoms with Crippen LogP contribution in [0.4, 0.5) is 0 Å². The molecule has 0 bridgehead atoms. The standard InChI is InChI=1S/C13H13N3O3/c1-3-19-13(18)10-4-6-11(7-5-10)16-9(2)12(8-17)14-15-16/h4-8H,3H2,1-2H3. The van der Waals surface area contributed by atoms with Crippen LogP contribution in [0.5, 0.6) is 0 Å². The first-order valence-corrected chi connectivity index (χ1v) is 5.82. The fourth-order valence-corrected chi connectivity index (χ4v) is 1.65. The number of benzene rings is 1. The van der Waals surface area contributed by atoms with Crippen molar-refractivity contribution < 1.29 is 14.3 Å². The smallest absolute Gasteiger partial charge is 0.338 e. The van der Waals surface area contributed by atoms with Crippen LogP contribution in [0.2, 0.25) is 0 Å². The van der Waals surface area contributed by atoms with Gasteiger partial charge in [0.1, 0.15) is 5.69 Å². The van der Waals surface area contributed by atoms with Crippen molar-refractivity contribution in [2.24, 2.45) is 0 Å². The van der Waals surface area contributed by atoms with Crippen LogP contribution in [0.25, 0.3) is 5.69 Å². The summed E-state index contributed by atoms with van der Waals surface area (Å²) in [6.07, 6.45) is 0.659. The van der Waals surface area contributed by atoms with Gasteiger partial charge in [0, 0.05) is 0 Å². The lowest BCUT2D eigenvalue weighted by atomic mass is 10.2. The molecule has 0 saturated heterocycles. The normalized spacial score (nSPS) is 10.2. The second-order valence-electron chi connectivity index (χ2n) is 3.86. The SMILES string of the molecule is CCOC(=O)c1ccc(-n2nnc(C=O)c2C)cc1. The van der Waals surface area contributed by atoms with Gasteiger partial charge in [0.25, 0.3) is 0 Å². The number of carbonyl (C=O) groups excluding carboxylic acids is 2. The lowest BCUT2D eigenvalue weighted by molar-refractivity contribution is 0.0526. The number of aromatic nitrogens is 3. The molecular formula is C13H13N3O3. The van der Waals surface area contributed by atoms with Crippen LogP contribution < -0.4 is 0 Å². The molecule has 0 fully saturated rings. The Hall–Kier alpha value is -2.50. The summed E-state index contributed by atoms with van der Waals surface area (Å²) in [5.74, 6) is -0.363. The number of ether oxygens (including phenoxy) is 1. The summed E-state index contributed by atoms with van der Waals surface area (Å²) in [5.41, 5.74) is 2.15. The molecule has 98 valence electrons. The number of nitrogens with zero attached hydrogens (tertiary/aromatic N) is 3. The molecule has 1 aromatic heterocycles. The van der Waals surface area contributed by atoms with Crippen LogP contribution in [-0.4, -0.2) is 33.9 Å². The minimum atomic E-state index is -0.363. The van der Waals surface area contributed by atoms with Gasteiger partial charge in [-0.1, -0.05) is 5.21 Å². The molecule has 2 aromatic rings. The van der Waals surface area contributed by atoms with Crippen LogP contribution in [0.1, 0.15) is 33.5 Å². The number of aldehydes is 1. The van der Waals surface area contributed by atoms with E-state index in [4.69, 9.17) is 4.74 Å². The Morgan fingerprint density at radius 3 is 2.58 bits per heavy atom. The van der Waals surface area contributed by atoms with E-state index in [1.165, 1.54) is 0 Å². The second-order valence-corrected chi connectivity index (χ2v) is 3.86. The molecular weight excluding hydrogens is 246 g/mol. The van der Waals surface area contributed by atoms with Crippen LogP contribution in [0, 0.1) is 6.92 Å². The van der Waals surface area contributed by atoms with Gasteiger partial charge in [-0.15, -0.1) is 5.10 Å². The molecule has 0 N–H and O–H groups in total. The van der Waals surface area contributed by atoms with Gasteiger partial charge in [0.15, 0.2) is 6.29 Å². The molecule has 0 aliphatic rings. The van der Waals surface area contributed by atoms with Gasteiger partial charge in [-0.05, 0) is 38.1 Å². The Balaban J connectivity index is 2.29. The van der Waals surface area contributed by atoms with Gasteiger partial charge in [-0.2, -0.15) is 0 Å². The third-order valence-corrected chi connectivity index (χ3v) is 2.66. The molecule has 0 atom stereocenters. The van der Waals surface area contributed by atoms with Crippen molar-refractivity contribution >= 4 is 12.3 Å². The van der Waals surface area contributed by atoms with Crippen LogP contribution in [0.3, 0.4) is 0 Å². The number of rotatable bonds is 4. The van der Waals surface area contributed by atoms with E-state index < -0.39 is 0 Å². The first kappa shape index (κ1) is 12.9. The van der Waals surface area contributed by atoms with Gasteiger partial charge < -0.3 is 4.74 Å². The summed E-state index contributed by atoms with van der Waals surface area (Å²) < 4.78 is 6.44. The third kappa shape index (κ3) is 2.52. The lowest BCUT2D eigenvalue weighted by Gasteiger charge is -2.05. The zero-order valence-corrected chi connectivity index (χ0v) is 10.7. The summed E-state index contributed by atoms with van der Waals surface area (Å²) in [6.45, 7) is 3.85. The minimum absolute atomic E-state index is 0.300. The highest BCUT2D eigenvalue weighted by atomic mass is 16.5. The van der Waals surface area contributed by atoms with Crippen molar-refractivity contribution in [2.75, 3.05) is 6.61 Å². The van der Waals surface area contributed by atoms with Crippen molar-refractivity contribution in [3.63, 3.8) is 0 Å². The Morgan fingerprint density at radius 2 is 2.05 bits per heavy atom. The molecule has 0 aliphatic carbocycles. The van der Waals surface area contributed by atoms with E-state index >= 15 is 0 Å². The van der Waals surface area contributed by atoms with Gasteiger partial charge >= 0.3 is 5.97 Å². The molecule has 0 spiro atoms. The molecule has 0 unspecified atom stereocenters. The van der Waals surface area contributed by atoms with Crippen molar-refractivity contribution in [1.82, 2.24) is 15.0 Å². The topological polar surface area (TPSA) is 74.1 Å². The molecule has 0 saturated carbocycles. The highest BCUT2D eigenvalue weighted by Crippen LogP contribution is 2.13. The zero-order chi connectivity index (χ0) is 13.8. The van der Waals surface area contributed by atoms with Crippen LogP contribution in [-0.2, 0) is 4.74 Å². The molecule has 19 heavy (non-hydrogen) atoms. The number of esters is 1. The van der Waals surface area contributed by atoms with Crippen LogP contribution >= 0.6 is 0 Å². The molecule has 0 aliphatic heterocycles. The van der Waals surface area contributed by atoms with Crippen LogP contribution in [0.15, 0.2) is 24.3 Å². The number of hydrogen-bond donors (Lipinski definition) is 0. The second kappa shape index (κ2) is 5.43. The van der Waals surface area contributed by atoms with E-state index in [9.17, 15) is 9.59 Å². The average Bonchev–Trinajstić information content (AvgIpc) is 2.80. The molecule has 6 heteroatoms. The van der Waals surface area contributed by atoms with E-state index in [2.05, 4.69) is 10.3 Å². The quantitative estimate of drug-likeness (QED) is 0.615. The van der Waals surface area contributed by atoms with Crippen molar-refractivity contribution in [3.8, 4) is 5.69 Å². The van der Waals surface area contributed by atoms with Gasteiger partial charge in [-0.25, -0.2) is 9.48 Å². The van der Waals surface area contributed by atoms with Crippen molar-refractivity contribution in [1.29, 1.82) is 0 Å². The molecule has 0 radical (unpaired) electrons. The summed E-state index contributed by atoms with van der Waals surface area (Å²) in [6, 6.07) is 6.75. The average molecular weight is 259 g/mol. The van der Waals surface area contributed by atoms with Gasteiger partial charge in [-0.3, -0.25) is 4.79 Å². The minimum Gasteiger partial charge on any atom is -0.462 e. The van der Waals surface area contributed by atoms with E-state index in [-0.39, 0.29) is 5.97 Å². The molecule has 6 nitrogen and oxygen atoms in total. The van der Waals surface area contributed by atoms with Crippen molar-refractivity contribution in [3.05, 3.63) is 41.2 Å². The Morgan fingerprint density at radius 1 is 1.37 bits per heavy atom. The summed E-state index contributed by atoms with van der Waals surface area (Å²) in [5, 5.41) is 7.64. The third-order valence-electron chi connectivity index (χ3n) is 2.66. The predicted octanol–water partition coefficient (Wildman–Crippen LogP) is 1.56. The van der Waals surface area contributed by atoms with E-state index in [1.807, 2.05) is 0 Å². The van der Waals surface area contributed by atoms with Gasteiger partial charge in [0.05, 0.1) is 23.6 Å². The largest absolute Gasteiger partial charge is 0.462 e. The summed E-state index contributed by atoms with van der Waals surface area (Å²) >= 11 is 0. The molecule has 1 aromatic carbocycles. The molecule has 2 rings (SSSR count). The monoisotopic (exact) mass is 259 g/mol. The Labute approximate surface area is 110 Å². The fourth-order valence-electron chi connectivity index (χ4n) is 1.65.